The van der Waals surface area contributed by atoms with Gasteiger partial charge in [0.15, 0.2) is 6.10 Å². The number of rotatable bonds is 12. The molecule has 3 rings (SSSR count). The van der Waals surface area contributed by atoms with Gasteiger partial charge in [-0.15, -0.1) is 0 Å². The van der Waals surface area contributed by atoms with E-state index in [0.717, 1.165) is 17.5 Å². The lowest BCUT2D eigenvalue weighted by Gasteiger charge is -2.21. The minimum Gasteiger partial charge on any atom is -0.493 e. The van der Waals surface area contributed by atoms with Crippen molar-refractivity contribution in [3.8, 4) is 11.5 Å². The van der Waals surface area contributed by atoms with Crippen LogP contribution in [0.25, 0.3) is 0 Å². The Morgan fingerprint density at radius 1 is 0.973 bits per heavy atom. The number of nitrogens with one attached hydrogen (secondary N) is 2. The van der Waals surface area contributed by atoms with Crippen LogP contribution in [0.4, 0.5) is 0 Å². The predicted octanol–water partition coefficient (Wildman–Crippen LogP) is 5.43. The van der Waals surface area contributed by atoms with E-state index in [4.69, 9.17) is 32.7 Å². The van der Waals surface area contributed by atoms with Crippen LogP contribution in [0.1, 0.15) is 31.4 Å². The molecule has 2 atom stereocenters. The fourth-order valence-electron chi connectivity index (χ4n) is 3.34. The smallest absolute Gasteiger partial charge is 0.262 e. The van der Waals surface area contributed by atoms with Crippen molar-refractivity contribution in [2.75, 3.05) is 6.61 Å². The average molecular weight is 542 g/mol. The van der Waals surface area contributed by atoms with Crippen molar-refractivity contribution in [3.63, 3.8) is 0 Å². The highest BCUT2D eigenvalue weighted by Gasteiger charge is 2.25. The van der Waals surface area contributed by atoms with E-state index in [-0.39, 0.29) is 11.4 Å². The lowest BCUT2D eigenvalue weighted by molar-refractivity contribution is -0.132. The minimum absolute atomic E-state index is 0.262. The van der Waals surface area contributed by atoms with E-state index in [1.807, 2.05) is 61.5 Å². The van der Waals surface area contributed by atoms with Gasteiger partial charge in [0, 0.05) is 17.0 Å². The van der Waals surface area contributed by atoms with Crippen molar-refractivity contribution in [1.29, 1.82) is 0 Å². The van der Waals surface area contributed by atoms with Crippen LogP contribution in [0.2, 0.25) is 10.0 Å². The van der Waals surface area contributed by atoms with E-state index < -0.39 is 24.0 Å². The molecule has 3 aromatic rings. The zero-order chi connectivity index (χ0) is 26.6. The van der Waals surface area contributed by atoms with Crippen molar-refractivity contribution >= 4 is 41.2 Å². The standard InChI is InChI=1S/C28H29Cl2N3O4/c1-3-15-36-25-12-8-7-11-21(25)18-31-33-28(35)24(16-20-9-5-4-6-10-20)32-27(34)19(2)37-26-14-13-22(29)17-23(26)30/h4-14,17-19,24H,3,15-16H2,1-2H3,(H,32,34)(H,33,35)/b31-18-/t19-,24+/m0/s1. The molecule has 0 radical (unpaired) electrons. The number of para-hydroxylation sites is 1. The zero-order valence-corrected chi connectivity index (χ0v) is 22.1. The Balaban J connectivity index is 1.69. The van der Waals surface area contributed by atoms with Crippen molar-refractivity contribution < 1.29 is 19.1 Å². The molecule has 0 aliphatic rings. The van der Waals surface area contributed by atoms with Gasteiger partial charge in [-0.05, 0) is 49.2 Å². The number of hydrazone groups is 1. The molecule has 0 aliphatic carbocycles. The first-order valence-electron chi connectivity index (χ1n) is 11.9. The summed E-state index contributed by atoms with van der Waals surface area (Å²) < 4.78 is 11.4. The molecule has 0 aromatic heterocycles. The Labute approximate surface area is 226 Å². The molecule has 2 amide bonds. The van der Waals surface area contributed by atoms with Gasteiger partial charge in [-0.3, -0.25) is 9.59 Å². The molecule has 7 nitrogen and oxygen atoms in total. The number of amides is 2. The van der Waals surface area contributed by atoms with Gasteiger partial charge in [0.2, 0.25) is 0 Å². The third-order valence-electron chi connectivity index (χ3n) is 5.24. The number of hydrogen-bond donors (Lipinski definition) is 2. The molecular weight excluding hydrogens is 513 g/mol. The summed E-state index contributed by atoms with van der Waals surface area (Å²) in [6.07, 6.45) is 1.72. The number of benzene rings is 3. The lowest BCUT2D eigenvalue weighted by Crippen LogP contribution is -2.50. The second kappa shape index (κ2) is 14.3. The largest absolute Gasteiger partial charge is 0.493 e. The summed E-state index contributed by atoms with van der Waals surface area (Å²) in [7, 11) is 0. The summed E-state index contributed by atoms with van der Waals surface area (Å²) in [5.41, 5.74) is 4.13. The molecule has 37 heavy (non-hydrogen) atoms. The van der Waals surface area contributed by atoms with Crippen LogP contribution in [0.5, 0.6) is 11.5 Å². The van der Waals surface area contributed by atoms with Gasteiger partial charge < -0.3 is 14.8 Å². The molecular formula is C28H29Cl2N3O4. The Morgan fingerprint density at radius 3 is 2.43 bits per heavy atom. The van der Waals surface area contributed by atoms with Crippen LogP contribution in [0, 0.1) is 0 Å². The number of nitrogens with zero attached hydrogens (tertiary/aromatic N) is 1. The van der Waals surface area contributed by atoms with Gasteiger partial charge in [-0.25, -0.2) is 5.43 Å². The summed E-state index contributed by atoms with van der Waals surface area (Å²) in [6.45, 7) is 4.17. The molecule has 0 heterocycles. The molecule has 9 heteroatoms. The Hall–Kier alpha value is -3.55. The quantitative estimate of drug-likeness (QED) is 0.236. The van der Waals surface area contributed by atoms with Crippen molar-refractivity contribution in [1.82, 2.24) is 10.7 Å². The van der Waals surface area contributed by atoms with Gasteiger partial charge in [0.25, 0.3) is 11.8 Å². The van der Waals surface area contributed by atoms with Crippen LogP contribution < -0.4 is 20.2 Å². The fourth-order valence-corrected chi connectivity index (χ4v) is 3.79. The van der Waals surface area contributed by atoms with Crippen molar-refractivity contribution in [2.24, 2.45) is 5.10 Å². The second-order valence-electron chi connectivity index (χ2n) is 8.21. The first-order chi connectivity index (χ1) is 17.9. The van der Waals surface area contributed by atoms with E-state index in [1.54, 1.807) is 19.1 Å². The van der Waals surface area contributed by atoms with Crippen LogP contribution >= 0.6 is 23.2 Å². The zero-order valence-electron chi connectivity index (χ0n) is 20.6. The lowest BCUT2D eigenvalue weighted by atomic mass is 10.1. The molecule has 0 bridgehead atoms. The predicted molar refractivity (Wildman–Crippen MR) is 147 cm³/mol. The van der Waals surface area contributed by atoms with Crippen LogP contribution in [0.3, 0.4) is 0 Å². The maximum atomic E-state index is 13.1. The average Bonchev–Trinajstić information content (AvgIpc) is 2.89. The van der Waals surface area contributed by atoms with E-state index in [2.05, 4.69) is 15.8 Å². The maximum Gasteiger partial charge on any atom is 0.262 e. The van der Waals surface area contributed by atoms with E-state index in [0.29, 0.717) is 23.1 Å². The van der Waals surface area contributed by atoms with E-state index in [9.17, 15) is 9.59 Å². The molecule has 194 valence electrons. The van der Waals surface area contributed by atoms with Crippen LogP contribution in [-0.2, 0) is 16.0 Å². The number of carbonyl (C=O) groups is 2. The van der Waals surface area contributed by atoms with Gasteiger partial charge in [-0.1, -0.05) is 72.6 Å². The summed E-state index contributed by atoms with van der Waals surface area (Å²) >= 11 is 12.1. The summed E-state index contributed by atoms with van der Waals surface area (Å²) in [5.74, 6) is 0.0242. The third kappa shape index (κ3) is 8.81. The Bertz CT molecular complexity index is 1220. The Morgan fingerprint density at radius 2 is 1.70 bits per heavy atom. The fraction of sp³-hybridized carbons (Fsp3) is 0.250. The molecule has 0 aliphatic heterocycles. The molecule has 0 unspecified atom stereocenters. The highest BCUT2D eigenvalue weighted by Crippen LogP contribution is 2.28. The summed E-state index contributed by atoms with van der Waals surface area (Å²) in [4.78, 5) is 26.0. The van der Waals surface area contributed by atoms with Gasteiger partial charge in [0.1, 0.15) is 17.5 Å². The highest BCUT2D eigenvalue weighted by molar-refractivity contribution is 6.35. The first kappa shape index (κ1) is 28.0. The van der Waals surface area contributed by atoms with Crippen molar-refractivity contribution in [3.05, 3.63) is 94.0 Å². The highest BCUT2D eigenvalue weighted by atomic mass is 35.5. The minimum atomic E-state index is -0.921. The first-order valence-corrected chi connectivity index (χ1v) is 12.6. The number of carbonyl (C=O) groups excluding carboxylic acids is 2. The number of ether oxygens (including phenoxy) is 2. The number of halogens is 2. The molecule has 0 spiro atoms. The SMILES string of the molecule is CCCOc1ccccc1/C=N\NC(=O)[C@@H](Cc1ccccc1)NC(=O)[C@H](C)Oc1ccc(Cl)cc1Cl. The second-order valence-corrected chi connectivity index (χ2v) is 9.05. The third-order valence-corrected chi connectivity index (χ3v) is 5.77. The summed E-state index contributed by atoms with van der Waals surface area (Å²) in [5, 5.41) is 7.59. The van der Waals surface area contributed by atoms with Crippen LogP contribution in [0.15, 0.2) is 77.9 Å². The molecule has 0 saturated heterocycles. The molecule has 0 fully saturated rings. The maximum absolute atomic E-state index is 13.1. The van der Waals surface area contributed by atoms with Crippen molar-refractivity contribution in [2.45, 2.75) is 38.8 Å². The van der Waals surface area contributed by atoms with Crippen LogP contribution in [-0.4, -0.2) is 36.8 Å². The Kier molecular flexibility index (Phi) is 10.8. The van der Waals surface area contributed by atoms with Gasteiger partial charge >= 0.3 is 0 Å². The molecule has 2 N–H and O–H groups in total. The van der Waals surface area contributed by atoms with E-state index >= 15 is 0 Å². The van der Waals surface area contributed by atoms with Gasteiger partial charge in [-0.2, -0.15) is 5.10 Å². The topological polar surface area (TPSA) is 89.0 Å². The molecule has 3 aromatic carbocycles. The summed E-state index contributed by atoms with van der Waals surface area (Å²) in [6, 6.07) is 20.6. The van der Waals surface area contributed by atoms with E-state index in [1.165, 1.54) is 12.3 Å². The van der Waals surface area contributed by atoms with Gasteiger partial charge in [0.05, 0.1) is 17.8 Å². The monoisotopic (exact) mass is 541 g/mol. The molecule has 0 saturated carbocycles. The number of hydrogen-bond acceptors (Lipinski definition) is 5. The normalized spacial score (nSPS) is 12.5.